The fourth-order valence-corrected chi connectivity index (χ4v) is 4.35. The number of carbonyl (C=O) groups is 1. The lowest BCUT2D eigenvalue weighted by molar-refractivity contribution is -0.137. The van der Waals surface area contributed by atoms with Gasteiger partial charge in [-0.25, -0.2) is 9.18 Å². The van der Waals surface area contributed by atoms with Gasteiger partial charge in [-0.15, -0.1) is 0 Å². The summed E-state index contributed by atoms with van der Waals surface area (Å²) in [6, 6.07) is 14.8. The molecule has 2 aromatic rings. The first-order valence-electron chi connectivity index (χ1n) is 11.7. The van der Waals surface area contributed by atoms with E-state index in [0.717, 1.165) is 42.5 Å². The average Bonchev–Trinajstić information content (AvgIpc) is 3.22. The fourth-order valence-electron chi connectivity index (χ4n) is 4.35. The van der Waals surface area contributed by atoms with Crippen LogP contribution in [0.3, 0.4) is 0 Å². The Morgan fingerprint density at radius 3 is 2.88 bits per heavy atom. The van der Waals surface area contributed by atoms with E-state index in [9.17, 15) is 14.3 Å². The Labute approximate surface area is 195 Å². The summed E-state index contributed by atoms with van der Waals surface area (Å²) in [5, 5.41) is 10.6. The molecule has 1 aliphatic heterocycles. The van der Waals surface area contributed by atoms with Gasteiger partial charge in [-0.2, -0.15) is 0 Å². The number of carbonyl (C=O) groups excluding carboxylic acids is 1. The average molecular weight is 456 g/mol. The van der Waals surface area contributed by atoms with E-state index in [-0.39, 0.29) is 24.5 Å². The maximum absolute atomic E-state index is 13.5. The Balaban J connectivity index is 1.52. The first-order valence-corrected chi connectivity index (χ1v) is 11.7. The third-order valence-electron chi connectivity index (χ3n) is 5.96. The lowest BCUT2D eigenvalue weighted by Gasteiger charge is -2.27. The van der Waals surface area contributed by atoms with Crippen LogP contribution in [-0.4, -0.2) is 54.4 Å². The highest BCUT2D eigenvalue weighted by atomic mass is 19.1. The van der Waals surface area contributed by atoms with Crippen molar-refractivity contribution in [1.82, 2.24) is 4.90 Å². The zero-order chi connectivity index (χ0) is 23.6. The van der Waals surface area contributed by atoms with Gasteiger partial charge < -0.3 is 14.6 Å². The van der Waals surface area contributed by atoms with Crippen molar-refractivity contribution in [1.29, 1.82) is 0 Å². The molecule has 33 heavy (non-hydrogen) atoms. The van der Waals surface area contributed by atoms with E-state index in [1.807, 2.05) is 37.3 Å². The molecule has 0 aliphatic carbocycles. The summed E-state index contributed by atoms with van der Waals surface area (Å²) in [4.78, 5) is 13.9. The molecule has 1 unspecified atom stereocenters. The number of β-amino-alcohol motifs (C(OH)–C–C–N with tert-alkyl or cyclic N) is 1. The number of rotatable bonds is 11. The predicted molar refractivity (Wildman–Crippen MR) is 127 cm³/mol. The highest BCUT2D eigenvalue weighted by molar-refractivity contribution is 5.87. The molecular formula is C27H34FNO4. The molecule has 0 radical (unpaired) electrons. The first kappa shape index (κ1) is 25.1. The predicted octanol–water partition coefficient (Wildman–Crippen LogP) is 4.55. The zero-order valence-electron chi connectivity index (χ0n) is 19.5. The lowest BCUT2D eigenvalue weighted by atomic mass is 10.0. The number of aliphatic hydroxyl groups is 1. The maximum atomic E-state index is 13.5. The Bertz CT molecular complexity index is 932. The molecule has 0 saturated carbocycles. The number of halogens is 1. The summed E-state index contributed by atoms with van der Waals surface area (Å²) >= 11 is 0. The SMILES string of the molecule is CCOC(=O)/C=C/c1ccccc1[C@@H](C)OCC(O)CN1CCC[C@H]1Cc1cccc(F)c1. The summed E-state index contributed by atoms with van der Waals surface area (Å²) in [7, 11) is 0. The largest absolute Gasteiger partial charge is 0.463 e. The third kappa shape index (κ3) is 7.77. The van der Waals surface area contributed by atoms with Gasteiger partial charge in [-0.3, -0.25) is 4.90 Å². The van der Waals surface area contributed by atoms with Gasteiger partial charge in [0.05, 0.1) is 25.4 Å². The van der Waals surface area contributed by atoms with Crippen LogP contribution >= 0.6 is 0 Å². The Kier molecular flexibility index (Phi) is 9.61. The molecule has 1 N–H and O–H groups in total. The van der Waals surface area contributed by atoms with Crippen molar-refractivity contribution in [2.75, 3.05) is 26.3 Å². The van der Waals surface area contributed by atoms with Gasteiger partial charge >= 0.3 is 5.97 Å². The smallest absolute Gasteiger partial charge is 0.330 e. The number of aliphatic hydroxyl groups excluding tert-OH is 1. The van der Waals surface area contributed by atoms with Crippen LogP contribution in [0.15, 0.2) is 54.6 Å². The minimum atomic E-state index is -0.622. The minimum absolute atomic E-state index is 0.209. The second kappa shape index (κ2) is 12.6. The van der Waals surface area contributed by atoms with E-state index in [4.69, 9.17) is 9.47 Å². The van der Waals surface area contributed by atoms with Crippen LogP contribution in [0.1, 0.15) is 49.5 Å². The van der Waals surface area contributed by atoms with Crippen molar-refractivity contribution in [2.24, 2.45) is 0 Å². The minimum Gasteiger partial charge on any atom is -0.463 e. The summed E-state index contributed by atoms with van der Waals surface area (Å²) in [5.74, 6) is -0.591. The molecule has 5 nitrogen and oxygen atoms in total. The van der Waals surface area contributed by atoms with Crippen molar-refractivity contribution in [2.45, 2.75) is 51.4 Å². The summed E-state index contributed by atoms with van der Waals surface area (Å²) in [5.41, 5.74) is 2.80. The van der Waals surface area contributed by atoms with Gasteiger partial charge in [0.2, 0.25) is 0 Å². The van der Waals surface area contributed by atoms with Crippen LogP contribution in [-0.2, 0) is 20.7 Å². The Morgan fingerprint density at radius 1 is 1.27 bits per heavy atom. The third-order valence-corrected chi connectivity index (χ3v) is 5.96. The number of hydrogen-bond acceptors (Lipinski definition) is 5. The fraction of sp³-hybridized carbons (Fsp3) is 0.444. The van der Waals surface area contributed by atoms with Crippen molar-refractivity contribution in [3.05, 3.63) is 77.1 Å². The van der Waals surface area contributed by atoms with Gasteiger partial charge in [0.25, 0.3) is 0 Å². The molecule has 0 amide bonds. The van der Waals surface area contributed by atoms with Crippen LogP contribution < -0.4 is 0 Å². The van der Waals surface area contributed by atoms with Gasteiger partial charge in [0.15, 0.2) is 0 Å². The van der Waals surface area contributed by atoms with E-state index in [2.05, 4.69) is 4.90 Å². The second-order valence-corrected chi connectivity index (χ2v) is 8.47. The molecule has 1 aliphatic rings. The van der Waals surface area contributed by atoms with E-state index in [1.165, 1.54) is 12.1 Å². The highest BCUT2D eigenvalue weighted by Gasteiger charge is 2.27. The van der Waals surface area contributed by atoms with Crippen LogP contribution in [0.2, 0.25) is 0 Å². The van der Waals surface area contributed by atoms with Gasteiger partial charge in [0.1, 0.15) is 5.82 Å². The summed E-state index contributed by atoms with van der Waals surface area (Å²) in [6.45, 7) is 5.70. The van der Waals surface area contributed by atoms with Crippen LogP contribution in [0.25, 0.3) is 6.08 Å². The topological polar surface area (TPSA) is 59.0 Å². The molecule has 0 aromatic heterocycles. The molecular weight excluding hydrogens is 421 g/mol. The van der Waals surface area contributed by atoms with Crippen LogP contribution in [0.4, 0.5) is 4.39 Å². The molecule has 178 valence electrons. The summed E-state index contributed by atoms with van der Waals surface area (Å²) < 4.78 is 24.5. The van der Waals surface area contributed by atoms with Crippen molar-refractivity contribution in [3.63, 3.8) is 0 Å². The first-order chi connectivity index (χ1) is 16.0. The van der Waals surface area contributed by atoms with Crippen molar-refractivity contribution in [3.8, 4) is 0 Å². The van der Waals surface area contributed by atoms with Crippen molar-refractivity contribution >= 4 is 12.0 Å². The van der Waals surface area contributed by atoms with E-state index >= 15 is 0 Å². The van der Waals surface area contributed by atoms with Crippen LogP contribution in [0.5, 0.6) is 0 Å². The summed E-state index contributed by atoms with van der Waals surface area (Å²) in [6.07, 6.45) is 5.17. The molecule has 3 rings (SSSR count). The highest BCUT2D eigenvalue weighted by Crippen LogP contribution is 2.24. The van der Waals surface area contributed by atoms with E-state index in [1.54, 1.807) is 25.1 Å². The second-order valence-electron chi connectivity index (χ2n) is 8.47. The molecule has 1 saturated heterocycles. The normalized spacial score (nSPS) is 18.5. The van der Waals surface area contributed by atoms with Gasteiger partial charge in [-0.1, -0.05) is 36.4 Å². The molecule has 1 fully saturated rings. The number of esters is 1. The number of nitrogens with zero attached hydrogens (tertiary/aromatic N) is 1. The Morgan fingerprint density at radius 2 is 2.09 bits per heavy atom. The monoisotopic (exact) mass is 455 g/mol. The molecule has 3 atom stereocenters. The standard InChI is InChI=1S/C27H34FNO4/c1-3-32-27(31)14-13-22-9-4-5-12-26(22)20(2)33-19-25(30)18-29-15-7-11-24(29)17-21-8-6-10-23(28)16-21/h4-6,8-10,12-14,16,20,24-25,30H,3,7,11,15,17-19H2,1-2H3/b14-13+/t20-,24+,25?/m1/s1. The molecule has 1 heterocycles. The number of ether oxygens (including phenoxy) is 2. The van der Waals surface area contributed by atoms with Crippen molar-refractivity contribution < 1.29 is 23.8 Å². The molecule has 6 heteroatoms. The Hall–Kier alpha value is -2.54. The van der Waals surface area contributed by atoms with Crippen LogP contribution in [0, 0.1) is 5.82 Å². The van der Waals surface area contributed by atoms with Gasteiger partial charge in [-0.05, 0) is 74.6 Å². The molecule has 2 aromatic carbocycles. The number of benzene rings is 2. The number of hydrogen-bond donors (Lipinski definition) is 1. The van der Waals surface area contributed by atoms with Gasteiger partial charge in [0, 0.05) is 18.7 Å². The zero-order valence-corrected chi connectivity index (χ0v) is 19.5. The quantitative estimate of drug-likeness (QED) is 0.398. The maximum Gasteiger partial charge on any atom is 0.330 e. The lowest BCUT2D eigenvalue weighted by Crippen LogP contribution is -2.39. The number of likely N-dealkylation sites (tertiary alicyclic amines) is 1. The van der Waals surface area contributed by atoms with E-state index in [0.29, 0.717) is 19.2 Å². The molecule has 0 bridgehead atoms. The molecule has 0 spiro atoms. The van der Waals surface area contributed by atoms with E-state index < -0.39 is 6.10 Å².